The van der Waals surface area contributed by atoms with Gasteiger partial charge in [-0.1, -0.05) is 21.1 Å². The van der Waals surface area contributed by atoms with Gasteiger partial charge in [-0.15, -0.1) is 0 Å². The van der Waals surface area contributed by atoms with E-state index in [1.165, 1.54) is 12.1 Å². The summed E-state index contributed by atoms with van der Waals surface area (Å²) in [5, 5.41) is 14.7. The zero-order valence-electron chi connectivity index (χ0n) is 12.1. The summed E-state index contributed by atoms with van der Waals surface area (Å²) in [6.07, 6.45) is 0.212. The molecule has 2 rings (SSSR count). The summed E-state index contributed by atoms with van der Waals surface area (Å²) in [6.45, 7) is 5.86. The molecule has 0 aromatic heterocycles. The van der Waals surface area contributed by atoms with E-state index in [2.05, 4.69) is 21.1 Å². The number of nitro benzene ring substituents is 1. The van der Waals surface area contributed by atoms with Crippen LogP contribution in [-0.4, -0.2) is 27.4 Å². The highest BCUT2D eigenvalue weighted by atomic mass is 79.9. The van der Waals surface area contributed by atoms with Crippen LogP contribution in [-0.2, 0) is 9.57 Å². The molecule has 0 N–H and O–H groups in total. The van der Waals surface area contributed by atoms with Crippen LogP contribution in [0.1, 0.15) is 32.8 Å². The van der Waals surface area contributed by atoms with Crippen LogP contribution in [0, 0.1) is 10.1 Å². The lowest BCUT2D eigenvalue weighted by atomic mass is 10.0. The molecule has 21 heavy (non-hydrogen) atoms. The molecule has 0 aliphatic carbocycles. The fraction of sp³-hybridized carbons (Fsp3) is 0.500. The molecule has 1 aliphatic rings. The number of nitrogens with zero attached hydrogens (tertiary/aromatic N) is 2. The standard InChI is InChI=1S/C14H17BrN2O4/c1-14(2,3)20-12-8-11(15)13(16-21-12)9-4-6-10(7-5-9)17(18)19/h4-7,11-12H,8H2,1-3H3/t11-,12-/m1/s1. The Balaban J connectivity index is 2.12. The number of non-ortho nitro benzene ring substituents is 1. The van der Waals surface area contributed by atoms with Crippen LogP contribution in [0.4, 0.5) is 5.69 Å². The number of benzene rings is 1. The van der Waals surface area contributed by atoms with E-state index in [1.54, 1.807) is 12.1 Å². The highest BCUT2D eigenvalue weighted by Crippen LogP contribution is 2.26. The number of oxime groups is 1. The molecule has 0 bridgehead atoms. The van der Waals surface area contributed by atoms with Crippen molar-refractivity contribution in [3.8, 4) is 0 Å². The zero-order valence-corrected chi connectivity index (χ0v) is 13.7. The predicted octanol–water partition coefficient (Wildman–Crippen LogP) is 3.62. The van der Waals surface area contributed by atoms with Crippen LogP contribution in [0.3, 0.4) is 0 Å². The van der Waals surface area contributed by atoms with E-state index in [1.807, 2.05) is 20.8 Å². The van der Waals surface area contributed by atoms with E-state index in [4.69, 9.17) is 9.57 Å². The van der Waals surface area contributed by atoms with Crippen LogP contribution in [0.25, 0.3) is 0 Å². The van der Waals surface area contributed by atoms with Crippen molar-refractivity contribution in [2.24, 2.45) is 5.16 Å². The highest BCUT2D eigenvalue weighted by molar-refractivity contribution is 9.10. The van der Waals surface area contributed by atoms with Gasteiger partial charge in [0.15, 0.2) is 0 Å². The molecule has 0 amide bonds. The Labute approximate surface area is 131 Å². The lowest BCUT2D eigenvalue weighted by Crippen LogP contribution is -2.35. The second kappa shape index (κ2) is 6.11. The summed E-state index contributed by atoms with van der Waals surface area (Å²) in [4.78, 5) is 15.6. The molecule has 0 unspecified atom stereocenters. The monoisotopic (exact) mass is 356 g/mol. The van der Waals surface area contributed by atoms with Gasteiger partial charge in [0.25, 0.3) is 5.69 Å². The second-order valence-electron chi connectivity index (χ2n) is 5.75. The highest BCUT2D eigenvalue weighted by Gasteiger charge is 2.30. The Morgan fingerprint density at radius 2 is 2.00 bits per heavy atom. The molecule has 114 valence electrons. The van der Waals surface area contributed by atoms with E-state index in [-0.39, 0.29) is 16.1 Å². The van der Waals surface area contributed by atoms with Gasteiger partial charge in [-0.3, -0.25) is 10.1 Å². The average Bonchev–Trinajstić information content (AvgIpc) is 2.37. The number of rotatable bonds is 3. The molecule has 7 heteroatoms. The van der Waals surface area contributed by atoms with Crippen molar-refractivity contribution in [1.82, 2.24) is 0 Å². The van der Waals surface area contributed by atoms with E-state index in [0.29, 0.717) is 12.1 Å². The van der Waals surface area contributed by atoms with Gasteiger partial charge < -0.3 is 9.57 Å². The SMILES string of the molecule is CC(C)(C)O[C@H]1C[C@@H](Br)C(c2ccc([N+](=O)[O-])cc2)=NO1. The number of ether oxygens (including phenoxy) is 1. The van der Waals surface area contributed by atoms with Crippen LogP contribution in [0.5, 0.6) is 0 Å². The number of hydrogen-bond donors (Lipinski definition) is 0. The summed E-state index contributed by atoms with van der Waals surface area (Å²) in [5.41, 5.74) is 1.24. The van der Waals surface area contributed by atoms with Gasteiger partial charge >= 0.3 is 0 Å². The number of hydrogen-bond acceptors (Lipinski definition) is 5. The van der Waals surface area contributed by atoms with Gasteiger partial charge in [-0.25, -0.2) is 0 Å². The van der Waals surface area contributed by atoms with E-state index >= 15 is 0 Å². The predicted molar refractivity (Wildman–Crippen MR) is 82.7 cm³/mol. The van der Waals surface area contributed by atoms with Crippen molar-refractivity contribution in [3.05, 3.63) is 39.9 Å². The van der Waals surface area contributed by atoms with Gasteiger partial charge in [0, 0.05) is 24.1 Å². The van der Waals surface area contributed by atoms with Crippen LogP contribution < -0.4 is 0 Å². The summed E-state index contributed by atoms with van der Waals surface area (Å²) in [6, 6.07) is 6.24. The lowest BCUT2D eigenvalue weighted by Gasteiger charge is -2.30. The van der Waals surface area contributed by atoms with Crippen LogP contribution in [0.15, 0.2) is 29.4 Å². The minimum absolute atomic E-state index is 0.0277. The first-order chi connectivity index (χ1) is 9.76. The normalized spacial score (nSPS) is 22.4. The van der Waals surface area contributed by atoms with Crippen molar-refractivity contribution in [2.45, 2.75) is 43.9 Å². The third-order valence-corrected chi connectivity index (χ3v) is 3.63. The number of nitro groups is 1. The van der Waals surface area contributed by atoms with Crippen LogP contribution in [0.2, 0.25) is 0 Å². The Hall–Kier alpha value is -1.47. The molecule has 0 radical (unpaired) electrons. The molecule has 0 saturated carbocycles. The van der Waals surface area contributed by atoms with Gasteiger partial charge in [0.05, 0.1) is 15.4 Å². The zero-order chi connectivity index (χ0) is 15.6. The Bertz CT molecular complexity index is 551. The van der Waals surface area contributed by atoms with Crippen molar-refractivity contribution < 1.29 is 14.5 Å². The largest absolute Gasteiger partial charge is 0.363 e. The summed E-state index contributed by atoms with van der Waals surface area (Å²) in [5.74, 6) is 0. The van der Waals surface area contributed by atoms with Crippen molar-refractivity contribution in [3.63, 3.8) is 0 Å². The van der Waals surface area contributed by atoms with Crippen molar-refractivity contribution in [2.75, 3.05) is 0 Å². The molecule has 1 aliphatic heterocycles. The van der Waals surface area contributed by atoms with E-state index < -0.39 is 11.2 Å². The minimum atomic E-state index is -0.429. The molecule has 2 atom stereocenters. The van der Waals surface area contributed by atoms with Gasteiger partial charge in [0.2, 0.25) is 6.29 Å². The van der Waals surface area contributed by atoms with Gasteiger partial charge in [0.1, 0.15) is 5.71 Å². The Morgan fingerprint density at radius 1 is 1.38 bits per heavy atom. The fourth-order valence-corrected chi connectivity index (χ4v) is 2.60. The van der Waals surface area contributed by atoms with Gasteiger partial charge in [-0.2, -0.15) is 0 Å². The summed E-state index contributed by atoms with van der Waals surface area (Å²) in [7, 11) is 0. The number of alkyl halides is 1. The molecule has 0 spiro atoms. The van der Waals surface area contributed by atoms with E-state index in [9.17, 15) is 10.1 Å². The second-order valence-corrected chi connectivity index (χ2v) is 6.85. The molecule has 1 heterocycles. The third-order valence-electron chi connectivity index (χ3n) is 2.82. The number of halogens is 1. The van der Waals surface area contributed by atoms with Crippen molar-refractivity contribution >= 4 is 27.3 Å². The molecular formula is C14H17BrN2O4. The minimum Gasteiger partial charge on any atom is -0.363 e. The fourth-order valence-electron chi connectivity index (χ4n) is 1.95. The summed E-state index contributed by atoms with van der Waals surface area (Å²) < 4.78 is 5.74. The Kier molecular flexibility index (Phi) is 4.63. The first kappa shape index (κ1) is 15.9. The first-order valence-electron chi connectivity index (χ1n) is 6.57. The van der Waals surface area contributed by atoms with E-state index in [0.717, 1.165) is 5.56 Å². The topological polar surface area (TPSA) is 74.0 Å². The maximum absolute atomic E-state index is 10.7. The quantitative estimate of drug-likeness (QED) is 0.470. The maximum atomic E-state index is 10.7. The molecule has 6 nitrogen and oxygen atoms in total. The van der Waals surface area contributed by atoms with Crippen molar-refractivity contribution in [1.29, 1.82) is 0 Å². The third kappa shape index (κ3) is 4.25. The maximum Gasteiger partial charge on any atom is 0.269 e. The lowest BCUT2D eigenvalue weighted by molar-refractivity contribution is -0.384. The average molecular weight is 357 g/mol. The first-order valence-corrected chi connectivity index (χ1v) is 7.48. The summed E-state index contributed by atoms with van der Waals surface area (Å²) >= 11 is 3.56. The van der Waals surface area contributed by atoms with Crippen LogP contribution >= 0.6 is 15.9 Å². The molecular weight excluding hydrogens is 340 g/mol. The smallest absolute Gasteiger partial charge is 0.269 e. The molecule has 1 aromatic carbocycles. The molecule has 1 aromatic rings. The molecule has 0 saturated heterocycles. The van der Waals surface area contributed by atoms with Gasteiger partial charge in [-0.05, 0) is 32.9 Å². The Morgan fingerprint density at radius 3 is 2.48 bits per heavy atom. The molecule has 0 fully saturated rings.